The van der Waals surface area contributed by atoms with Gasteiger partial charge in [-0.1, -0.05) is 0 Å². The van der Waals surface area contributed by atoms with Crippen LogP contribution in [0.15, 0.2) is 30.0 Å². The molecular weight excluding hydrogens is 156 g/mol. The van der Waals surface area contributed by atoms with E-state index < -0.39 is 0 Å². The third-order valence-electron chi connectivity index (χ3n) is 1.31. The zero-order valence-electron chi connectivity index (χ0n) is 5.69. The maximum absolute atomic E-state index is 4.13. The Labute approximate surface area is 68.6 Å². The summed E-state index contributed by atoms with van der Waals surface area (Å²) in [5.74, 6) is 0. The minimum Gasteiger partial charge on any atom is -0.261 e. The second-order valence-electron chi connectivity index (χ2n) is 2.03. The molecule has 0 aliphatic rings. The summed E-state index contributed by atoms with van der Waals surface area (Å²) < 4.78 is 0. The molecule has 0 fully saturated rings. The summed E-state index contributed by atoms with van der Waals surface area (Å²) in [5, 5.41) is 5.07. The quantitative estimate of drug-likeness (QED) is 0.639. The van der Waals surface area contributed by atoms with E-state index in [0.29, 0.717) is 0 Å². The molecule has 0 atom stereocenters. The molecule has 0 aliphatic carbocycles. The summed E-state index contributed by atoms with van der Waals surface area (Å²) >= 11 is 1.54. The average molecular weight is 161 g/mol. The molecule has 0 saturated heterocycles. The first-order valence-corrected chi connectivity index (χ1v) is 4.06. The molecule has 2 rings (SSSR count). The SMILES string of the molecule is [c]1sccc1-c1cnccn1. The number of rotatable bonds is 1. The van der Waals surface area contributed by atoms with Crippen molar-refractivity contribution >= 4 is 11.3 Å². The van der Waals surface area contributed by atoms with E-state index in [9.17, 15) is 0 Å². The summed E-state index contributed by atoms with van der Waals surface area (Å²) in [5.41, 5.74) is 1.90. The molecule has 0 spiro atoms. The van der Waals surface area contributed by atoms with Crippen LogP contribution in [0, 0.1) is 5.38 Å². The highest BCUT2D eigenvalue weighted by Gasteiger charge is 1.96. The van der Waals surface area contributed by atoms with E-state index in [0.717, 1.165) is 11.3 Å². The van der Waals surface area contributed by atoms with Gasteiger partial charge in [0.1, 0.15) is 0 Å². The molecule has 3 heteroatoms. The molecule has 0 aromatic carbocycles. The Balaban J connectivity index is 2.46. The fraction of sp³-hybridized carbons (Fsp3) is 0. The summed E-state index contributed by atoms with van der Waals surface area (Å²) in [6.07, 6.45) is 5.08. The Morgan fingerprint density at radius 3 is 3.00 bits per heavy atom. The predicted molar refractivity (Wildman–Crippen MR) is 44.2 cm³/mol. The molecule has 0 bridgehead atoms. The molecule has 0 N–H and O–H groups in total. The van der Waals surface area contributed by atoms with Crippen LogP contribution in [-0.2, 0) is 0 Å². The first-order chi connectivity index (χ1) is 5.47. The number of hydrogen-bond acceptors (Lipinski definition) is 3. The van der Waals surface area contributed by atoms with Gasteiger partial charge in [-0.05, 0) is 11.4 Å². The van der Waals surface area contributed by atoms with Gasteiger partial charge in [0.25, 0.3) is 0 Å². The van der Waals surface area contributed by atoms with Crippen LogP contribution in [0.5, 0.6) is 0 Å². The zero-order chi connectivity index (χ0) is 7.52. The van der Waals surface area contributed by atoms with Gasteiger partial charge in [0, 0.05) is 18.0 Å². The number of nitrogens with zero attached hydrogens (tertiary/aromatic N) is 2. The highest BCUT2D eigenvalue weighted by atomic mass is 32.1. The summed E-state index contributed by atoms with van der Waals surface area (Å²) in [7, 11) is 0. The van der Waals surface area contributed by atoms with Gasteiger partial charge in [-0.15, -0.1) is 11.3 Å². The Morgan fingerprint density at radius 1 is 1.36 bits per heavy atom. The molecule has 2 nitrogen and oxygen atoms in total. The van der Waals surface area contributed by atoms with Crippen LogP contribution in [-0.4, -0.2) is 9.97 Å². The summed E-state index contributed by atoms with van der Waals surface area (Å²) in [6, 6.07) is 1.98. The van der Waals surface area contributed by atoms with E-state index >= 15 is 0 Å². The lowest BCUT2D eigenvalue weighted by atomic mass is 10.3. The number of hydrogen-bond donors (Lipinski definition) is 0. The fourth-order valence-electron chi connectivity index (χ4n) is 0.809. The van der Waals surface area contributed by atoms with Crippen molar-refractivity contribution in [2.75, 3.05) is 0 Å². The molecular formula is C8H5N2S. The first-order valence-electron chi connectivity index (χ1n) is 3.18. The maximum atomic E-state index is 4.13. The zero-order valence-corrected chi connectivity index (χ0v) is 6.51. The van der Waals surface area contributed by atoms with E-state index in [1.807, 2.05) is 11.4 Å². The van der Waals surface area contributed by atoms with Gasteiger partial charge in [0.15, 0.2) is 0 Å². The molecule has 0 amide bonds. The normalized spacial score (nSPS) is 9.82. The van der Waals surface area contributed by atoms with Crippen LogP contribution in [0.4, 0.5) is 0 Å². The Kier molecular flexibility index (Phi) is 1.65. The topological polar surface area (TPSA) is 25.8 Å². The van der Waals surface area contributed by atoms with E-state index in [-0.39, 0.29) is 0 Å². The lowest BCUT2D eigenvalue weighted by Crippen LogP contribution is -1.80. The van der Waals surface area contributed by atoms with Gasteiger partial charge in [-0.2, -0.15) is 0 Å². The van der Waals surface area contributed by atoms with Gasteiger partial charge in [0.2, 0.25) is 0 Å². The highest BCUT2D eigenvalue weighted by Crippen LogP contribution is 2.16. The predicted octanol–water partition coefficient (Wildman–Crippen LogP) is 2.01. The lowest BCUT2D eigenvalue weighted by Gasteiger charge is -1.91. The molecule has 2 aromatic rings. The van der Waals surface area contributed by atoms with Crippen molar-refractivity contribution in [3.8, 4) is 11.3 Å². The molecule has 2 aromatic heterocycles. The van der Waals surface area contributed by atoms with Crippen LogP contribution in [0.2, 0.25) is 0 Å². The number of thiophene rings is 1. The maximum Gasteiger partial charge on any atom is 0.0900 e. The molecule has 53 valence electrons. The van der Waals surface area contributed by atoms with E-state index in [4.69, 9.17) is 0 Å². The average Bonchev–Trinajstić information content (AvgIpc) is 2.58. The van der Waals surface area contributed by atoms with Crippen molar-refractivity contribution in [2.24, 2.45) is 0 Å². The Bertz CT molecular complexity index is 315. The largest absolute Gasteiger partial charge is 0.261 e. The Morgan fingerprint density at radius 2 is 2.36 bits per heavy atom. The third-order valence-corrected chi connectivity index (χ3v) is 1.92. The van der Waals surface area contributed by atoms with Crippen LogP contribution < -0.4 is 0 Å². The van der Waals surface area contributed by atoms with Crippen LogP contribution >= 0.6 is 11.3 Å². The molecule has 1 radical (unpaired) electrons. The van der Waals surface area contributed by atoms with E-state index in [1.165, 1.54) is 0 Å². The highest BCUT2D eigenvalue weighted by molar-refractivity contribution is 7.07. The van der Waals surface area contributed by atoms with Crippen molar-refractivity contribution in [3.05, 3.63) is 35.4 Å². The van der Waals surface area contributed by atoms with Gasteiger partial charge in [0.05, 0.1) is 17.3 Å². The van der Waals surface area contributed by atoms with E-state index in [2.05, 4.69) is 15.3 Å². The third kappa shape index (κ3) is 1.28. The summed E-state index contributed by atoms with van der Waals surface area (Å²) in [4.78, 5) is 8.10. The van der Waals surface area contributed by atoms with Crippen LogP contribution in [0.3, 0.4) is 0 Å². The summed E-state index contributed by atoms with van der Waals surface area (Å²) in [6.45, 7) is 0. The number of aromatic nitrogens is 2. The van der Waals surface area contributed by atoms with Gasteiger partial charge >= 0.3 is 0 Å². The second kappa shape index (κ2) is 2.80. The monoisotopic (exact) mass is 161 g/mol. The smallest absolute Gasteiger partial charge is 0.0900 e. The van der Waals surface area contributed by atoms with Crippen molar-refractivity contribution in [1.82, 2.24) is 9.97 Å². The minimum atomic E-state index is 0.883. The van der Waals surface area contributed by atoms with E-state index in [1.54, 1.807) is 29.9 Å². The van der Waals surface area contributed by atoms with Crippen molar-refractivity contribution in [2.45, 2.75) is 0 Å². The van der Waals surface area contributed by atoms with Gasteiger partial charge < -0.3 is 0 Å². The van der Waals surface area contributed by atoms with Gasteiger partial charge in [-0.3, -0.25) is 9.97 Å². The Hall–Kier alpha value is -1.22. The molecule has 2 heterocycles. The minimum absolute atomic E-state index is 0.883. The van der Waals surface area contributed by atoms with Crippen molar-refractivity contribution in [3.63, 3.8) is 0 Å². The molecule has 11 heavy (non-hydrogen) atoms. The first kappa shape index (κ1) is 6.49. The van der Waals surface area contributed by atoms with Crippen LogP contribution in [0.1, 0.15) is 0 Å². The lowest BCUT2D eigenvalue weighted by molar-refractivity contribution is 1.21. The van der Waals surface area contributed by atoms with Crippen LogP contribution in [0.25, 0.3) is 11.3 Å². The van der Waals surface area contributed by atoms with Crippen molar-refractivity contribution in [1.29, 1.82) is 0 Å². The van der Waals surface area contributed by atoms with Gasteiger partial charge in [-0.25, -0.2) is 0 Å². The standard InChI is InChI=1S/C8H5N2S/c1-4-11-6-7(1)8-5-9-2-3-10-8/h1-5H. The second-order valence-corrected chi connectivity index (χ2v) is 2.74. The fourth-order valence-corrected chi connectivity index (χ4v) is 1.38. The molecule has 0 unspecified atom stereocenters. The molecule has 0 aliphatic heterocycles. The van der Waals surface area contributed by atoms with Crippen molar-refractivity contribution < 1.29 is 0 Å². The molecule has 0 saturated carbocycles.